The second-order valence-electron chi connectivity index (χ2n) is 6.80. The molecular weight excluding hydrogens is 242 g/mol. The third-order valence-electron chi connectivity index (χ3n) is 3.94. The van der Waals surface area contributed by atoms with Gasteiger partial charge in [-0.25, -0.2) is 4.79 Å². The topological polar surface area (TPSA) is 63.3 Å². The Kier molecular flexibility index (Phi) is 3.70. The fourth-order valence-corrected chi connectivity index (χ4v) is 2.98. The van der Waals surface area contributed by atoms with Crippen LogP contribution in [0.25, 0.3) is 0 Å². The number of carboxylic acids is 1. The summed E-state index contributed by atoms with van der Waals surface area (Å²) in [6.07, 6.45) is 4.39. The predicted molar refractivity (Wildman–Crippen MR) is 72.5 cm³/mol. The minimum atomic E-state index is -0.917. The standard InChI is InChI=1S/C15H23NO3/c1-9-6-5-7-10(8-9)12-11(14(17)18)13(19-16-12)15(2,3)4/h9-10H,5-8H2,1-4H3,(H,17,18). The van der Waals surface area contributed by atoms with Gasteiger partial charge in [-0.05, 0) is 18.8 Å². The number of carbonyl (C=O) groups is 1. The van der Waals surface area contributed by atoms with Gasteiger partial charge in [-0.3, -0.25) is 0 Å². The van der Waals surface area contributed by atoms with E-state index in [0.29, 0.717) is 22.9 Å². The molecule has 1 aromatic rings. The summed E-state index contributed by atoms with van der Waals surface area (Å²) in [5, 5.41) is 13.6. The molecule has 0 spiro atoms. The number of hydrogen-bond acceptors (Lipinski definition) is 3. The fraction of sp³-hybridized carbons (Fsp3) is 0.733. The number of aromatic nitrogens is 1. The molecule has 1 aromatic heterocycles. The molecule has 0 bridgehead atoms. The molecule has 2 rings (SSSR count). The van der Waals surface area contributed by atoms with Gasteiger partial charge in [-0.15, -0.1) is 0 Å². The zero-order valence-electron chi connectivity index (χ0n) is 12.2. The molecule has 4 nitrogen and oxygen atoms in total. The SMILES string of the molecule is CC1CCCC(c2noc(C(C)(C)C)c2C(=O)O)C1. The number of hydrogen-bond donors (Lipinski definition) is 1. The summed E-state index contributed by atoms with van der Waals surface area (Å²) < 4.78 is 5.38. The number of aromatic carboxylic acids is 1. The van der Waals surface area contributed by atoms with E-state index in [-0.39, 0.29) is 11.3 Å². The Labute approximate surface area is 114 Å². The van der Waals surface area contributed by atoms with Crippen molar-refractivity contribution in [2.45, 2.75) is 64.7 Å². The van der Waals surface area contributed by atoms with E-state index in [0.717, 1.165) is 19.3 Å². The van der Waals surface area contributed by atoms with E-state index in [1.165, 1.54) is 6.42 Å². The summed E-state index contributed by atoms with van der Waals surface area (Å²) in [6.45, 7) is 8.07. The maximum atomic E-state index is 11.6. The molecule has 1 fully saturated rings. The summed E-state index contributed by atoms with van der Waals surface area (Å²) in [4.78, 5) is 11.6. The molecule has 0 radical (unpaired) electrons. The molecule has 1 aliphatic rings. The summed E-state index contributed by atoms with van der Waals surface area (Å²) in [7, 11) is 0. The van der Waals surface area contributed by atoms with Crippen molar-refractivity contribution < 1.29 is 14.4 Å². The Morgan fingerprint density at radius 1 is 1.37 bits per heavy atom. The summed E-state index contributed by atoms with van der Waals surface area (Å²) in [5.74, 6) is 0.442. The smallest absolute Gasteiger partial charge is 0.341 e. The molecule has 1 N–H and O–H groups in total. The van der Waals surface area contributed by atoms with Crippen molar-refractivity contribution in [1.82, 2.24) is 5.16 Å². The van der Waals surface area contributed by atoms with E-state index in [4.69, 9.17) is 4.52 Å². The van der Waals surface area contributed by atoms with Crippen molar-refractivity contribution in [3.05, 3.63) is 17.0 Å². The Bertz CT molecular complexity index is 470. The summed E-state index contributed by atoms with van der Waals surface area (Å²) in [5.41, 5.74) is 0.620. The van der Waals surface area contributed by atoms with Crippen molar-refractivity contribution in [3.8, 4) is 0 Å². The lowest BCUT2D eigenvalue weighted by molar-refractivity contribution is 0.0690. The third kappa shape index (κ3) is 2.82. The highest BCUT2D eigenvalue weighted by molar-refractivity contribution is 5.90. The van der Waals surface area contributed by atoms with Gasteiger partial charge in [0.1, 0.15) is 11.3 Å². The van der Waals surface area contributed by atoms with Crippen LogP contribution in [0.2, 0.25) is 0 Å². The molecule has 0 aromatic carbocycles. The van der Waals surface area contributed by atoms with Crippen molar-refractivity contribution in [2.24, 2.45) is 5.92 Å². The molecule has 1 aliphatic carbocycles. The summed E-state index contributed by atoms with van der Waals surface area (Å²) in [6, 6.07) is 0. The molecule has 0 saturated heterocycles. The molecule has 19 heavy (non-hydrogen) atoms. The maximum Gasteiger partial charge on any atom is 0.341 e. The monoisotopic (exact) mass is 265 g/mol. The average Bonchev–Trinajstić information content (AvgIpc) is 2.72. The number of rotatable bonds is 2. The quantitative estimate of drug-likeness (QED) is 0.879. The Morgan fingerprint density at radius 2 is 2.05 bits per heavy atom. The van der Waals surface area contributed by atoms with Crippen LogP contribution in [0.3, 0.4) is 0 Å². The van der Waals surface area contributed by atoms with Crippen LogP contribution >= 0.6 is 0 Å². The lowest BCUT2D eigenvalue weighted by atomic mass is 9.78. The average molecular weight is 265 g/mol. The lowest BCUT2D eigenvalue weighted by Crippen LogP contribution is -2.18. The van der Waals surface area contributed by atoms with E-state index in [1.807, 2.05) is 20.8 Å². The minimum absolute atomic E-state index is 0.231. The Hall–Kier alpha value is -1.32. The summed E-state index contributed by atoms with van der Waals surface area (Å²) >= 11 is 0. The zero-order valence-corrected chi connectivity index (χ0v) is 12.2. The van der Waals surface area contributed by atoms with Crippen molar-refractivity contribution in [3.63, 3.8) is 0 Å². The number of carboxylic acid groups (broad SMARTS) is 1. The largest absolute Gasteiger partial charge is 0.477 e. The predicted octanol–water partition coefficient (Wildman–Crippen LogP) is 3.96. The van der Waals surface area contributed by atoms with Crippen LogP contribution in [0, 0.1) is 5.92 Å². The van der Waals surface area contributed by atoms with Crippen molar-refractivity contribution in [2.75, 3.05) is 0 Å². The van der Waals surface area contributed by atoms with Crippen LogP contribution < -0.4 is 0 Å². The van der Waals surface area contributed by atoms with Crippen LogP contribution in [0.5, 0.6) is 0 Å². The normalized spacial score (nSPS) is 24.4. The van der Waals surface area contributed by atoms with Gasteiger partial charge in [0.15, 0.2) is 5.76 Å². The van der Waals surface area contributed by atoms with Gasteiger partial charge in [0, 0.05) is 11.3 Å². The first kappa shape index (κ1) is 14.1. The van der Waals surface area contributed by atoms with Gasteiger partial charge in [0.05, 0.1) is 0 Å². The van der Waals surface area contributed by atoms with Gasteiger partial charge in [-0.2, -0.15) is 0 Å². The number of nitrogens with zero attached hydrogens (tertiary/aromatic N) is 1. The molecule has 4 heteroatoms. The molecule has 1 saturated carbocycles. The van der Waals surface area contributed by atoms with Crippen LogP contribution in [0.1, 0.15) is 81.1 Å². The van der Waals surface area contributed by atoms with Crippen LogP contribution in [-0.4, -0.2) is 16.2 Å². The first-order chi connectivity index (χ1) is 8.80. The molecule has 0 aliphatic heterocycles. The maximum absolute atomic E-state index is 11.6. The lowest BCUT2D eigenvalue weighted by Gasteiger charge is -2.25. The Morgan fingerprint density at radius 3 is 2.58 bits per heavy atom. The molecule has 2 atom stereocenters. The molecule has 106 valence electrons. The van der Waals surface area contributed by atoms with Crippen LogP contribution in [-0.2, 0) is 5.41 Å². The van der Waals surface area contributed by atoms with Crippen LogP contribution in [0.15, 0.2) is 4.52 Å². The molecule has 1 heterocycles. The van der Waals surface area contributed by atoms with E-state index in [1.54, 1.807) is 0 Å². The highest BCUT2D eigenvalue weighted by Gasteiger charge is 2.34. The van der Waals surface area contributed by atoms with Crippen molar-refractivity contribution >= 4 is 5.97 Å². The molecular formula is C15H23NO3. The second kappa shape index (κ2) is 4.99. The Balaban J connectivity index is 2.41. The second-order valence-corrected chi connectivity index (χ2v) is 6.80. The van der Waals surface area contributed by atoms with E-state index in [9.17, 15) is 9.90 Å². The highest BCUT2D eigenvalue weighted by atomic mass is 16.5. The van der Waals surface area contributed by atoms with Gasteiger partial charge < -0.3 is 9.63 Å². The van der Waals surface area contributed by atoms with E-state index in [2.05, 4.69) is 12.1 Å². The molecule has 2 unspecified atom stereocenters. The van der Waals surface area contributed by atoms with Crippen LogP contribution in [0.4, 0.5) is 0 Å². The van der Waals surface area contributed by atoms with E-state index >= 15 is 0 Å². The van der Waals surface area contributed by atoms with Gasteiger partial charge >= 0.3 is 5.97 Å². The molecule has 0 amide bonds. The zero-order chi connectivity index (χ0) is 14.2. The highest BCUT2D eigenvalue weighted by Crippen LogP contribution is 2.39. The first-order valence-corrected chi connectivity index (χ1v) is 7.04. The van der Waals surface area contributed by atoms with Gasteiger partial charge in [0.25, 0.3) is 0 Å². The first-order valence-electron chi connectivity index (χ1n) is 7.04. The minimum Gasteiger partial charge on any atom is -0.477 e. The van der Waals surface area contributed by atoms with E-state index < -0.39 is 5.97 Å². The third-order valence-corrected chi connectivity index (χ3v) is 3.94. The van der Waals surface area contributed by atoms with Gasteiger partial charge in [0.2, 0.25) is 0 Å². The fourth-order valence-electron chi connectivity index (χ4n) is 2.98. The van der Waals surface area contributed by atoms with Crippen molar-refractivity contribution in [1.29, 1.82) is 0 Å². The van der Waals surface area contributed by atoms with Gasteiger partial charge in [-0.1, -0.05) is 45.7 Å².